The Bertz CT molecular complexity index is 771. The molecule has 0 aliphatic carbocycles. The fraction of sp³-hybridized carbons (Fsp3) is 0.458. The van der Waals surface area contributed by atoms with E-state index in [2.05, 4.69) is 59.7 Å². The molecule has 2 aromatic carbocycles. The molecule has 1 saturated heterocycles. The summed E-state index contributed by atoms with van der Waals surface area (Å²) in [5.74, 6) is 1.19. The first-order valence-electron chi connectivity index (χ1n) is 10.6. The summed E-state index contributed by atoms with van der Waals surface area (Å²) < 4.78 is 5.97. The van der Waals surface area contributed by atoms with E-state index in [0.717, 1.165) is 43.8 Å². The highest BCUT2D eigenvalue weighted by atomic mass is 16.5. The molecule has 29 heavy (non-hydrogen) atoms. The fourth-order valence-electron chi connectivity index (χ4n) is 3.77. The van der Waals surface area contributed by atoms with Crippen LogP contribution in [0.15, 0.2) is 54.6 Å². The van der Waals surface area contributed by atoms with Crippen molar-refractivity contribution in [2.75, 3.05) is 13.1 Å². The lowest BCUT2D eigenvalue weighted by Crippen LogP contribution is -2.50. The maximum atomic E-state index is 12.4. The van der Waals surface area contributed by atoms with Gasteiger partial charge in [-0.2, -0.15) is 0 Å². The summed E-state index contributed by atoms with van der Waals surface area (Å²) in [6.07, 6.45) is 1.53. The molecule has 0 saturated carbocycles. The molecule has 0 bridgehead atoms. The van der Waals surface area contributed by atoms with E-state index in [1.807, 2.05) is 31.2 Å². The molecule has 2 aromatic rings. The molecular weight excluding hydrogens is 362 g/mol. The molecule has 1 aliphatic heterocycles. The van der Waals surface area contributed by atoms with Crippen molar-refractivity contribution in [3.05, 3.63) is 65.7 Å². The van der Waals surface area contributed by atoms with Crippen molar-refractivity contribution in [3.8, 4) is 5.75 Å². The topological polar surface area (TPSA) is 53.6 Å². The van der Waals surface area contributed by atoms with E-state index >= 15 is 0 Å². The van der Waals surface area contributed by atoms with Gasteiger partial charge in [0, 0.05) is 25.7 Å². The highest BCUT2D eigenvalue weighted by Gasteiger charge is 2.21. The molecule has 2 N–H and O–H groups in total. The summed E-state index contributed by atoms with van der Waals surface area (Å²) in [6.45, 7) is 9.09. The molecule has 3 rings (SSSR count). The van der Waals surface area contributed by atoms with Crippen molar-refractivity contribution in [1.29, 1.82) is 0 Å². The fourth-order valence-corrected chi connectivity index (χ4v) is 3.77. The average Bonchev–Trinajstić information content (AvgIpc) is 2.70. The number of benzene rings is 2. The Hall–Kier alpha value is -2.53. The number of piperidine rings is 1. The van der Waals surface area contributed by atoms with Crippen molar-refractivity contribution >= 4 is 6.03 Å². The van der Waals surface area contributed by atoms with E-state index < -0.39 is 6.23 Å². The van der Waals surface area contributed by atoms with E-state index in [4.69, 9.17) is 4.74 Å². The lowest BCUT2D eigenvalue weighted by Gasteiger charge is -2.32. The standard InChI is InChI=1S/C24H33N3O2/c1-18(2)22-11-7-8-12-23(22)29-19(3)25-24(28)26-21-13-15-27(16-14-21)17-20-9-5-4-6-10-20/h4-12,18-19,21H,13-17H2,1-3H3,(H2,25,26,28). The number of rotatable bonds is 7. The molecule has 0 aromatic heterocycles. The van der Waals surface area contributed by atoms with Crippen molar-refractivity contribution in [2.45, 2.75) is 58.3 Å². The molecule has 1 fully saturated rings. The van der Waals surface area contributed by atoms with Crippen LogP contribution in [0.3, 0.4) is 0 Å². The second kappa shape index (κ2) is 10.3. The maximum absolute atomic E-state index is 12.4. The second-order valence-corrected chi connectivity index (χ2v) is 8.11. The van der Waals surface area contributed by atoms with Gasteiger partial charge in [-0.3, -0.25) is 4.90 Å². The number of nitrogens with zero attached hydrogens (tertiary/aromatic N) is 1. The van der Waals surface area contributed by atoms with Crippen LogP contribution in [0.5, 0.6) is 5.75 Å². The summed E-state index contributed by atoms with van der Waals surface area (Å²) in [5.41, 5.74) is 2.48. The number of amides is 2. The van der Waals surface area contributed by atoms with Gasteiger partial charge in [0.2, 0.25) is 0 Å². The Kier molecular flexibility index (Phi) is 7.53. The molecule has 5 nitrogen and oxygen atoms in total. The molecule has 1 heterocycles. The van der Waals surface area contributed by atoms with Gasteiger partial charge in [-0.05, 0) is 42.9 Å². The number of carbonyl (C=O) groups excluding carboxylic acids is 1. The van der Waals surface area contributed by atoms with Crippen molar-refractivity contribution in [2.24, 2.45) is 0 Å². The van der Waals surface area contributed by atoms with Crippen LogP contribution >= 0.6 is 0 Å². The number of nitrogens with one attached hydrogen (secondary N) is 2. The van der Waals surface area contributed by atoms with Gasteiger partial charge in [-0.1, -0.05) is 62.4 Å². The summed E-state index contributed by atoms with van der Waals surface area (Å²) in [7, 11) is 0. The van der Waals surface area contributed by atoms with Crippen LogP contribution in [-0.2, 0) is 6.54 Å². The monoisotopic (exact) mass is 395 g/mol. The maximum Gasteiger partial charge on any atom is 0.317 e. The van der Waals surface area contributed by atoms with Gasteiger partial charge in [0.15, 0.2) is 6.23 Å². The Morgan fingerprint density at radius 2 is 1.69 bits per heavy atom. The van der Waals surface area contributed by atoms with E-state index in [1.165, 1.54) is 5.56 Å². The highest BCUT2D eigenvalue weighted by Crippen LogP contribution is 2.26. The first-order chi connectivity index (χ1) is 14.0. The largest absolute Gasteiger partial charge is 0.471 e. The lowest BCUT2D eigenvalue weighted by molar-refractivity contribution is 0.163. The minimum atomic E-state index is -0.395. The SMILES string of the molecule is CC(NC(=O)NC1CCN(Cc2ccccc2)CC1)Oc1ccccc1C(C)C. The van der Waals surface area contributed by atoms with Crippen LogP contribution in [0, 0.1) is 0 Å². The summed E-state index contributed by atoms with van der Waals surface area (Å²) in [6, 6.07) is 18.6. The predicted octanol–water partition coefficient (Wildman–Crippen LogP) is 4.50. The normalized spacial score (nSPS) is 16.4. The smallest absolute Gasteiger partial charge is 0.317 e. The summed E-state index contributed by atoms with van der Waals surface area (Å²) in [5, 5.41) is 6.01. The number of likely N-dealkylation sites (tertiary alicyclic amines) is 1. The molecule has 1 atom stereocenters. The van der Waals surface area contributed by atoms with Gasteiger partial charge in [0.05, 0.1) is 0 Å². The molecule has 0 spiro atoms. The van der Waals surface area contributed by atoms with Crippen molar-refractivity contribution in [1.82, 2.24) is 15.5 Å². The molecule has 0 radical (unpaired) electrons. The first-order valence-corrected chi connectivity index (χ1v) is 10.6. The highest BCUT2D eigenvalue weighted by molar-refractivity contribution is 5.74. The molecule has 1 aliphatic rings. The van der Waals surface area contributed by atoms with Gasteiger partial charge >= 0.3 is 6.03 Å². The Morgan fingerprint density at radius 1 is 1.03 bits per heavy atom. The Morgan fingerprint density at radius 3 is 2.38 bits per heavy atom. The third kappa shape index (κ3) is 6.50. The van der Waals surface area contributed by atoms with Crippen LogP contribution in [0.2, 0.25) is 0 Å². The quantitative estimate of drug-likeness (QED) is 0.679. The van der Waals surface area contributed by atoms with Gasteiger partial charge in [0.25, 0.3) is 0 Å². The zero-order valence-electron chi connectivity index (χ0n) is 17.7. The van der Waals surface area contributed by atoms with Gasteiger partial charge in [-0.25, -0.2) is 4.79 Å². The number of urea groups is 1. The number of para-hydroxylation sites is 1. The average molecular weight is 396 g/mol. The number of hydrogen-bond acceptors (Lipinski definition) is 3. The Balaban J connectivity index is 1.41. The number of hydrogen-bond donors (Lipinski definition) is 2. The molecule has 156 valence electrons. The lowest BCUT2D eigenvalue weighted by atomic mass is 10.0. The molecule has 2 amide bonds. The number of carbonyl (C=O) groups is 1. The molecular formula is C24H33N3O2. The van der Waals surface area contributed by atoms with Crippen LogP contribution in [-0.4, -0.2) is 36.3 Å². The molecule has 5 heteroatoms. The third-order valence-electron chi connectivity index (χ3n) is 5.35. The van der Waals surface area contributed by atoms with E-state index in [1.54, 1.807) is 0 Å². The van der Waals surface area contributed by atoms with Gasteiger partial charge in [0.1, 0.15) is 5.75 Å². The zero-order valence-corrected chi connectivity index (χ0v) is 17.7. The number of ether oxygens (including phenoxy) is 1. The summed E-state index contributed by atoms with van der Waals surface area (Å²) in [4.78, 5) is 14.8. The van der Waals surface area contributed by atoms with Crippen LogP contribution in [0.4, 0.5) is 4.79 Å². The van der Waals surface area contributed by atoms with Crippen LogP contribution < -0.4 is 15.4 Å². The van der Waals surface area contributed by atoms with Crippen molar-refractivity contribution < 1.29 is 9.53 Å². The molecule has 1 unspecified atom stereocenters. The van der Waals surface area contributed by atoms with E-state index in [0.29, 0.717) is 5.92 Å². The van der Waals surface area contributed by atoms with Gasteiger partial charge in [-0.15, -0.1) is 0 Å². The first kappa shape index (κ1) is 21.2. The van der Waals surface area contributed by atoms with Crippen LogP contribution in [0.1, 0.15) is 50.7 Å². The van der Waals surface area contributed by atoms with Crippen LogP contribution in [0.25, 0.3) is 0 Å². The zero-order chi connectivity index (χ0) is 20.6. The third-order valence-corrected chi connectivity index (χ3v) is 5.35. The Labute approximate surface area is 174 Å². The van der Waals surface area contributed by atoms with E-state index in [-0.39, 0.29) is 12.1 Å². The second-order valence-electron chi connectivity index (χ2n) is 8.11. The summed E-state index contributed by atoms with van der Waals surface area (Å²) >= 11 is 0. The van der Waals surface area contributed by atoms with Crippen molar-refractivity contribution in [3.63, 3.8) is 0 Å². The predicted molar refractivity (Wildman–Crippen MR) is 117 cm³/mol. The van der Waals surface area contributed by atoms with E-state index in [9.17, 15) is 4.79 Å². The van der Waals surface area contributed by atoms with Gasteiger partial charge < -0.3 is 15.4 Å². The minimum absolute atomic E-state index is 0.166. The minimum Gasteiger partial charge on any atom is -0.471 e.